The summed E-state index contributed by atoms with van der Waals surface area (Å²) >= 11 is 1.74. The van der Waals surface area contributed by atoms with E-state index in [9.17, 15) is 0 Å². The minimum atomic E-state index is 0.290. The third kappa shape index (κ3) is 5.75. The number of thiazole rings is 1. The topological polar surface area (TPSA) is 46.6 Å². The summed E-state index contributed by atoms with van der Waals surface area (Å²) in [5.41, 5.74) is 0. The van der Waals surface area contributed by atoms with Crippen LogP contribution < -0.4 is 10.2 Å². The number of aromatic nitrogens is 1. The molecule has 0 radical (unpaired) electrons. The van der Waals surface area contributed by atoms with Crippen LogP contribution in [-0.4, -0.2) is 51.5 Å². The van der Waals surface area contributed by atoms with Gasteiger partial charge in [0.15, 0.2) is 5.13 Å². The molecule has 0 amide bonds. The standard InChI is InChI=1S/C14H27N3O2S/c1-5-6-15-9-13-10-16-14(20-13)17(7-8-18-3)12(2)11-19-4/h10,12,15H,5-9,11H2,1-4H3. The zero-order valence-corrected chi connectivity index (χ0v) is 13.8. The SMILES string of the molecule is CCCNCc1cnc(N(CCOC)C(C)COC)s1. The van der Waals surface area contributed by atoms with Crippen LogP contribution >= 0.6 is 11.3 Å². The van der Waals surface area contributed by atoms with Gasteiger partial charge in [-0.25, -0.2) is 4.98 Å². The van der Waals surface area contributed by atoms with Gasteiger partial charge in [0, 0.05) is 38.4 Å². The molecular formula is C14H27N3O2S. The van der Waals surface area contributed by atoms with Gasteiger partial charge in [0.2, 0.25) is 0 Å². The highest BCUT2D eigenvalue weighted by atomic mass is 32.1. The lowest BCUT2D eigenvalue weighted by atomic mass is 10.3. The third-order valence-electron chi connectivity index (χ3n) is 2.99. The minimum absolute atomic E-state index is 0.290. The van der Waals surface area contributed by atoms with E-state index in [0.717, 1.165) is 31.2 Å². The molecule has 1 aromatic rings. The van der Waals surface area contributed by atoms with E-state index < -0.39 is 0 Å². The average molecular weight is 301 g/mol. The second-order valence-electron chi connectivity index (χ2n) is 4.78. The van der Waals surface area contributed by atoms with Gasteiger partial charge in [0.1, 0.15) is 0 Å². The van der Waals surface area contributed by atoms with Crippen LogP contribution in [0.25, 0.3) is 0 Å². The number of nitrogens with zero attached hydrogens (tertiary/aromatic N) is 2. The Balaban J connectivity index is 2.64. The molecule has 20 heavy (non-hydrogen) atoms. The highest BCUT2D eigenvalue weighted by Crippen LogP contribution is 2.24. The van der Waals surface area contributed by atoms with E-state index in [4.69, 9.17) is 9.47 Å². The van der Waals surface area contributed by atoms with E-state index in [2.05, 4.69) is 29.0 Å². The highest BCUT2D eigenvalue weighted by molar-refractivity contribution is 7.15. The fourth-order valence-corrected chi connectivity index (χ4v) is 2.93. The molecule has 0 bridgehead atoms. The van der Waals surface area contributed by atoms with Crippen molar-refractivity contribution in [2.75, 3.05) is 45.4 Å². The summed E-state index contributed by atoms with van der Waals surface area (Å²) in [5, 5.41) is 4.45. The highest BCUT2D eigenvalue weighted by Gasteiger charge is 2.17. The lowest BCUT2D eigenvalue weighted by molar-refractivity contribution is 0.171. The van der Waals surface area contributed by atoms with Gasteiger partial charge in [-0.3, -0.25) is 0 Å². The fourth-order valence-electron chi connectivity index (χ4n) is 1.93. The Bertz CT molecular complexity index is 360. The van der Waals surface area contributed by atoms with Crippen LogP contribution in [0.5, 0.6) is 0 Å². The van der Waals surface area contributed by atoms with Gasteiger partial charge in [0.25, 0.3) is 0 Å². The molecule has 116 valence electrons. The van der Waals surface area contributed by atoms with Crippen molar-refractivity contribution in [3.63, 3.8) is 0 Å². The van der Waals surface area contributed by atoms with Crippen molar-refractivity contribution in [1.82, 2.24) is 10.3 Å². The van der Waals surface area contributed by atoms with Crippen molar-refractivity contribution in [1.29, 1.82) is 0 Å². The summed E-state index contributed by atoms with van der Waals surface area (Å²) in [6.45, 7) is 8.46. The molecule has 0 saturated carbocycles. The Labute approximate surface area is 126 Å². The van der Waals surface area contributed by atoms with E-state index in [-0.39, 0.29) is 6.04 Å². The molecule has 0 aliphatic rings. The van der Waals surface area contributed by atoms with E-state index in [1.807, 2.05) is 6.20 Å². The molecule has 0 spiro atoms. The number of rotatable bonds is 11. The molecule has 1 unspecified atom stereocenters. The van der Waals surface area contributed by atoms with E-state index in [1.54, 1.807) is 25.6 Å². The molecule has 1 N–H and O–H groups in total. The maximum Gasteiger partial charge on any atom is 0.185 e. The van der Waals surface area contributed by atoms with Gasteiger partial charge >= 0.3 is 0 Å². The van der Waals surface area contributed by atoms with Gasteiger partial charge < -0.3 is 19.7 Å². The molecule has 5 nitrogen and oxygen atoms in total. The first-order valence-electron chi connectivity index (χ1n) is 7.12. The molecular weight excluding hydrogens is 274 g/mol. The lowest BCUT2D eigenvalue weighted by Gasteiger charge is -2.28. The van der Waals surface area contributed by atoms with Crippen molar-refractivity contribution in [2.45, 2.75) is 32.9 Å². The number of anilines is 1. The Kier molecular flexibility index (Phi) is 8.77. The number of hydrogen-bond acceptors (Lipinski definition) is 6. The maximum atomic E-state index is 5.25. The lowest BCUT2D eigenvalue weighted by Crippen LogP contribution is -2.38. The summed E-state index contributed by atoms with van der Waals surface area (Å²) in [5.74, 6) is 0. The van der Waals surface area contributed by atoms with Gasteiger partial charge in [-0.15, -0.1) is 11.3 Å². The number of ether oxygens (including phenoxy) is 2. The Morgan fingerprint density at radius 3 is 2.85 bits per heavy atom. The normalized spacial score (nSPS) is 12.6. The van der Waals surface area contributed by atoms with Crippen molar-refractivity contribution in [2.24, 2.45) is 0 Å². The predicted molar refractivity (Wildman–Crippen MR) is 84.7 cm³/mol. The van der Waals surface area contributed by atoms with Crippen LogP contribution in [0.3, 0.4) is 0 Å². The van der Waals surface area contributed by atoms with Crippen molar-refractivity contribution >= 4 is 16.5 Å². The number of methoxy groups -OCH3 is 2. The molecule has 1 heterocycles. The molecule has 0 saturated heterocycles. The van der Waals surface area contributed by atoms with Gasteiger partial charge in [-0.05, 0) is 19.9 Å². The van der Waals surface area contributed by atoms with Crippen LogP contribution in [-0.2, 0) is 16.0 Å². The monoisotopic (exact) mass is 301 g/mol. The summed E-state index contributed by atoms with van der Waals surface area (Å²) in [7, 11) is 3.45. The third-order valence-corrected chi connectivity index (χ3v) is 4.02. The van der Waals surface area contributed by atoms with E-state index in [0.29, 0.717) is 13.2 Å². The van der Waals surface area contributed by atoms with Gasteiger partial charge in [-0.1, -0.05) is 6.92 Å². The molecule has 0 fully saturated rings. The van der Waals surface area contributed by atoms with Crippen LogP contribution in [0.1, 0.15) is 25.1 Å². The second kappa shape index (κ2) is 10.1. The van der Waals surface area contributed by atoms with Gasteiger partial charge in [-0.2, -0.15) is 0 Å². The largest absolute Gasteiger partial charge is 0.383 e. The second-order valence-corrected chi connectivity index (χ2v) is 5.87. The maximum absolute atomic E-state index is 5.25. The number of nitrogens with one attached hydrogen (secondary N) is 1. The van der Waals surface area contributed by atoms with Crippen molar-refractivity contribution in [3.8, 4) is 0 Å². The average Bonchev–Trinajstić information content (AvgIpc) is 2.88. The first-order valence-corrected chi connectivity index (χ1v) is 7.94. The van der Waals surface area contributed by atoms with Crippen molar-refractivity contribution in [3.05, 3.63) is 11.1 Å². The Morgan fingerprint density at radius 2 is 2.20 bits per heavy atom. The smallest absolute Gasteiger partial charge is 0.185 e. The number of hydrogen-bond donors (Lipinski definition) is 1. The first-order chi connectivity index (χ1) is 9.72. The zero-order valence-electron chi connectivity index (χ0n) is 13.0. The predicted octanol–water partition coefficient (Wildman–Crippen LogP) is 2.13. The Hall–Kier alpha value is -0.690. The van der Waals surface area contributed by atoms with Crippen molar-refractivity contribution < 1.29 is 9.47 Å². The summed E-state index contributed by atoms with van der Waals surface area (Å²) in [6.07, 6.45) is 3.11. The molecule has 1 rings (SSSR count). The van der Waals surface area contributed by atoms with Gasteiger partial charge in [0.05, 0.1) is 19.3 Å². The molecule has 0 aromatic carbocycles. The van der Waals surface area contributed by atoms with Crippen LogP contribution in [0.2, 0.25) is 0 Å². The molecule has 1 aromatic heterocycles. The van der Waals surface area contributed by atoms with E-state index in [1.165, 1.54) is 4.88 Å². The molecule has 1 atom stereocenters. The molecule has 6 heteroatoms. The quantitative estimate of drug-likeness (QED) is 0.635. The Morgan fingerprint density at radius 1 is 1.40 bits per heavy atom. The summed E-state index contributed by atoms with van der Waals surface area (Å²) in [6, 6.07) is 0.290. The summed E-state index contributed by atoms with van der Waals surface area (Å²) < 4.78 is 10.4. The van der Waals surface area contributed by atoms with E-state index >= 15 is 0 Å². The van der Waals surface area contributed by atoms with Crippen LogP contribution in [0, 0.1) is 0 Å². The zero-order chi connectivity index (χ0) is 14.8. The fraction of sp³-hybridized carbons (Fsp3) is 0.786. The molecule has 0 aliphatic heterocycles. The van der Waals surface area contributed by atoms with Crippen LogP contribution in [0.4, 0.5) is 5.13 Å². The minimum Gasteiger partial charge on any atom is -0.383 e. The summed E-state index contributed by atoms with van der Waals surface area (Å²) in [4.78, 5) is 8.06. The molecule has 0 aliphatic carbocycles. The van der Waals surface area contributed by atoms with Crippen LogP contribution in [0.15, 0.2) is 6.20 Å². The first kappa shape index (κ1) is 17.4.